The lowest BCUT2D eigenvalue weighted by atomic mass is 9.95. The highest BCUT2D eigenvalue weighted by atomic mass is 32.1. The van der Waals surface area contributed by atoms with Crippen LogP contribution in [0.3, 0.4) is 0 Å². The van der Waals surface area contributed by atoms with Crippen molar-refractivity contribution >= 4 is 23.2 Å². The highest BCUT2D eigenvalue weighted by molar-refractivity contribution is 7.12. The van der Waals surface area contributed by atoms with E-state index in [0.29, 0.717) is 32.8 Å². The van der Waals surface area contributed by atoms with Crippen LogP contribution in [0.2, 0.25) is 0 Å². The number of likely N-dealkylation sites (tertiary alicyclic amines) is 1. The summed E-state index contributed by atoms with van der Waals surface area (Å²) in [6.45, 7) is 2.92. The highest BCUT2D eigenvalue weighted by Gasteiger charge is 2.27. The summed E-state index contributed by atoms with van der Waals surface area (Å²) in [6, 6.07) is 7.44. The molecule has 0 saturated carbocycles. The molecule has 1 aliphatic heterocycles. The van der Waals surface area contributed by atoms with Gasteiger partial charge in [0.1, 0.15) is 12.4 Å². The molecule has 0 unspecified atom stereocenters. The molecular weight excluding hydrogens is 352 g/mol. The maximum Gasteiger partial charge on any atom is 0.263 e. The van der Waals surface area contributed by atoms with Gasteiger partial charge in [0.15, 0.2) is 0 Å². The maximum absolute atomic E-state index is 12.3. The van der Waals surface area contributed by atoms with Gasteiger partial charge < -0.3 is 19.4 Å². The van der Waals surface area contributed by atoms with E-state index in [9.17, 15) is 9.59 Å². The van der Waals surface area contributed by atoms with Gasteiger partial charge in [0.2, 0.25) is 5.91 Å². The van der Waals surface area contributed by atoms with Crippen molar-refractivity contribution in [3.8, 4) is 0 Å². The van der Waals surface area contributed by atoms with Crippen molar-refractivity contribution in [1.82, 2.24) is 10.2 Å². The lowest BCUT2D eigenvalue weighted by Crippen LogP contribution is -2.43. The van der Waals surface area contributed by atoms with Gasteiger partial charge in [-0.15, -0.1) is 11.3 Å². The van der Waals surface area contributed by atoms with E-state index in [1.54, 1.807) is 6.26 Å². The molecular formula is C19H24N2O4S. The Morgan fingerprint density at radius 2 is 2.12 bits per heavy atom. The Morgan fingerprint density at radius 1 is 1.27 bits per heavy atom. The molecule has 0 aromatic carbocycles. The van der Waals surface area contributed by atoms with Crippen LogP contribution in [0.15, 0.2) is 40.3 Å². The molecule has 6 nitrogen and oxygen atoms in total. The Hall–Kier alpha value is -2.12. The van der Waals surface area contributed by atoms with E-state index in [1.807, 2.05) is 34.5 Å². The lowest BCUT2D eigenvalue weighted by molar-refractivity contribution is -0.126. The number of carbonyl (C=O) groups is 2. The Kier molecular flexibility index (Phi) is 6.85. The average molecular weight is 376 g/mol. The van der Waals surface area contributed by atoms with Gasteiger partial charge in [-0.05, 0) is 42.8 Å². The maximum atomic E-state index is 12.3. The summed E-state index contributed by atoms with van der Waals surface area (Å²) in [5.74, 6) is 0.955. The number of amides is 2. The molecule has 0 bridgehead atoms. The van der Waals surface area contributed by atoms with Crippen LogP contribution in [-0.2, 0) is 16.1 Å². The Labute approximate surface area is 157 Å². The first-order valence-electron chi connectivity index (χ1n) is 8.94. The number of hydrogen-bond acceptors (Lipinski definition) is 5. The van der Waals surface area contributed by atoms with Crippen LogP contribution in [0.4, 0.5) is 0 Å². The predicted molar refractivity (Wildman–Crippen MR) is 98.9 cm³/mol. The average Bonchev–Trinajstić information content (AvgIpc) is 3.38. The fraction of sp³-hybridized carbons (Fsp3) is 0.474. The summed E-state index contributed by atoms with van der Waals surface area (Å²) in [5, 5.41) is 4.88. The van der Waals surface area contributed by atoms with Crippen molar-refractivity contribution in [2.24, 2.45) is 5.92 Å². The predicted octanol–water partition coefficient (Wildman–Crippen LogP) is 2.92. The lowest BCUT2D eigenvalue weighted by Gasteiger charge is -2.31. The second-order valence-corrected chi connectivity index (χ2v) is 7.27. The highest BCUT2D eigenvalue weighted by Crippen LogP contribution is 2.20. The van der Waals surface area contributed by atoms with Gasteiger partial charge in [-0.25, -0.2) is 0 Å². The molecule has 1 N–H and O–H groups in total. The Bertz CT molecular complexity index is 676. The monoisotopic (exact) mass is 376 g/mol. The number of nitrogens with zero attached hydrogens (tertiary/aromatic N) is 1. The van der Waals surface area contributed by atoms with E-state index in [4.69, 9.17) is 9.15 Å². The fourth-order valence-electron chi connectivity index (χ4n) is 3.00. The fourth-order valence-corrected chi connectivity index (χ4v) is 3.69. The molecule has 2 aromatic heterocycles. The largest absolute Gasteiger partial charge is 0.467 e. The third-order valence-electron chi connectivity index (χ3n) is 4.47. The van der Waals surface area contributed by atoms with E-state index in [2.05, 4.69) is 5.32 Å². The third-order valence-corrected chi connectivity index (χ3v) is 5.33. The first-order chi connectivity index (χ1) is 12.7. The molecule has 0 aliphatic carbocycles. The molecule has 0 spiro atoms. The molecule has 2 amide bonds. The Morgan fingerprint density at radius 3 is 2.81 bits per heavy atom. The summed E-state index contributed by atoms with van der Waals surface area (Å²) in [7, 11) is 0. The van der Waals surface area contributed by atoms with E-state index < -0.39 is 0 Å². The minimum Gasteiger partial charge on any atom is -0.467 e. The van der Waals surface area contributed by atoms with E-state index in [1.165, 1.54) is 11.3 Å². The molecule has 1 saturated heterocycles. The van der Waals surface area contributed by atoms with Gasteiger partial charge in [-0.3, -0.25) is 9.59 Å². The van der Waals surface area contributed by atoms with Gasteiger partial charge >= 0.3 is 0 Å². The van der Waals surface area contributed by atoms with Crippen LogP contribution < -0.4 is 5.32 Å². The number of thiophene rings is 1. The van der Waals surface area contributed by atoms with Gasteiger partial charge in [-0.2, -0.15) is 0 Å². The number of ether oxygens (including phenoxy) is 1. The first-order valence-corrected chi connectivity index (χ1v) is 9.82. The van der Waals surface area contributed by atoms with Crippen molar-refractivity contribution in [3.63, 3.8) is 0 Å². The van der Waals surface area contributed by atoms with Crippen LogP contribution in [-0.4, -0.2) is 43.0 Å². The molecule has 140 valence electrons. The molecule has 3 heterocycles. The zero-order valence-electron chi connectivity index (χ0n) is 14.7. The number of nitrogens with one attached hydrogen (secondary N) is 1. The summed E-state index contributed by atoms with van der Waals surface area (Å²) >= 11 is 1.46. The molecule has 7 heteroatoms. The van der Waals surface area contributed by atoms with Crippen molar-refractivity contribution in [2.45, 2.75) is 25.9 Å². The van der Waals surface area contributed by atoms with Crippen LogP contribution in [0.5, 0.6) is 0 Å². The molecule has 1 fully saturated rings. The summed E-state index contributed by atoms with van der Waals surface area (Å²) in [5.41, 5.74) is 0. The molecule has 1 aliphatic rings. The molecule has 0 atom stereocenters. The van der Waals surface area contributed by atoms with E-state index in [-0.39, 0.29) is 17.7 Å². The van der Waals surface area contributed by atoms with Gasteiger partial charge in [0.25, 0.3) is 5.91 Å². The van der Waals surface area contributed by atoms with Crippen molar-refractivity contribution < 1.29 is 18.7 Å². The second-order valence-electron chi connectivity index (χ2n) is 6.32. The molecule has 26 heavy (non-hydrogen) atoms. The minimum absolute atomic E-state index is 0.00794. The number of rotatable bonds is 8. The third kappa shape index (κ3) is 5.19. The molecule has 0 radical (unpaired) electrons. The van der Waals surface area contributed by atoms with E-state index in [0.717, 1.165) is 29.9 Å². The number of hydrogen-bond donors (Lipinski definition) is 1. The van der Waals surface area contributed by atoms with Crippen LogP contribution in [0, 0.1) is 5.92 Å². The van der Waals surface area contributed by atoms with Crippen LogP contribution in [0.25, 0.3) is 0 Å². The summed E-state index contributed by atoms with van der Waals surface area (Å²) in [6.07, 6.45) is 3.83. The Balaban J connectivity index is 1.28. The first kappa shape index (κ1) is 18.7. The summed E-state index contributed by atoms with van der Waals surface area (Å²) < 4.78 is 10.7. The van der Waals surface area contributed by atoms with Crippen LogP contribution >= 0.6 is 11.3 Å². The topological polar surface area (TPSA) is 71.8 Å². The normalized spacial score (nSPS) is 15.2. The number of piperidine rings is 1. The zero-order valence-corrected chi connectivity index (χ0v) is 15.5. The smallest absolute Gasteiger partial charge is 0.263 e. The molecule has 3 rings (SSSR count). The minimum atomic E-state index is -0.00794. The molecule has 2 aromatic rings. The standard InChI is InChI=1S/C19H24N2O4S/c22-18(20-8-3-11-24-14-16-4-1-12-25-16)15-6-9-21(10-7-15)19(23)17-5-2-13-26-17/h1-2,4-5,12-13,15H,3,6-11,14H2,(H,20,22). The second kappa shape index (κ2) is 9.54. The van der Waals surface area contributed by atoms with Gasteiger partial charge in [0.05, 0.1) is 11.1 Å². The SMILES string of the molecule is O=C(NCCCOCc1ccco1)C1CCN(C(=O)c2cccs2)CC1. The van der Waals surface area contributed by atoms with E-state index >= 15 is 0 Å². The zero-order chi connectivity index (χ0) is 18.2. The number of furan rings is 1. The van der Waals surface area contributed by atoms with Crippen molar-refractivity contribution in [3.05, 3.63) is 46.5 Å². The van der Waals surface area contributed by atoms with Gasteiger partial charge in [-0.1, -0.05) is 6.07 Å². The number of carbonyl (C=O) groups excluding carboxylic acids is 2. The van der Waals surface area contributed by atoms with Crippen molar-refractivity contribution in [1.29, 1.82) is 0 Å². The van der Waals surface area contributed by atoms with Crippen LogP contribution in [0.1, 0.15) is 34.7 Å². The van der Waals surface area contributed by atoms with Crippen molar-refractivity contribution in [2.75, 3.05) is 26.2 Å². The summed E-state index contributed by atoms with van der Waals surface area (Å²) in [4.78, 5) is 27.2. The van der Waals surface area contributed by atoms with Gasteiger partial charge in [0, 0.05) is 32.2 Å². The quantitative estimate of drug-likeness (QED) is 0.719.